The van der Waals surface area contributed by atoms with Crippen molar-refractivity contribution in [3.05, 3.63) is 46.6 Å². The lowest BCUT2D eigenvalue weighted by Gasteiger charge is -2.42. The highest BCUT2D eigenvalue weighted by Crippen LogP contribution is 2.35. The van der Waals surface area contributed by atoms with Crippen LogP contribution in [0.4, 0.5) is 0 Å². The van der Waals surface area contributed by atoms with Gasteiger partial charge in [0.25, 0.3) is 0 Å². The first-order valence-corrected chi connectivity index (χ1v) is 13.4. The van der Waals surface area contributed by atoms with Crippen LogP contribution in [0.15, 0.2) is 45.6 Å². The second-order valence-corrected chi connectivity index (χ2v) is 10.3. The van der Waals surface area contributed by atoms with E-state index in [9.17, 15) is 50.8 Å². The molecule has 5 rings (SSSR count). The van der Waals surface area contributed by atoms with Crippen LogP contribution in [0.25, 0.3) is 22.3 Å². The molecule has 0 saturated carbocycles. The van der Waals surface area contributed by atoms with Crippen LogP contribution >= 0.6 is 0 Å². The molecule has 9 N–H and O–H groups in total. The van der Waals surface area contributed by atoms with Gasteiger partial charge in [0.05, 0.1) is 20.3 Å². The van der Waals surface area contributed by atoms with Crippen molar-refractivity contribution in [3.63, 3.8) is 0 Å². The minimum atomic E-state index is -1.86. The highest BCUT2D eigenvalue weighted by molar-refractivity contribution is 5.86. The minimum absolute atomic E-state index is 0.0616. The zero-order valence-corrected chi connectivity index (χ0v) is 23.0. The summed E-state index contributed by atoms with van der Waals surface area (Å²) < 4.78 is 32.9. The molecule has 0 bridgehead atoms. The molecule has 240 valence electrons. The first kappa shape index (κ1) is 31.9. The number of rotatable bonds is 8. The molecule has 10 atom stereocenters. The van der Waals surface area contributed by atoms with Gasteiger partial charge in [0.15, 0.2) is 23.2 Å². The SMILES string of the molecule is COc1cc(-c2cc(=O)c3c(O)cc(OC4OC(OCC5OC(CO)C(O)C(O)C5O)C(O)C(O)C4O)cc3o2)ccc1O. The Morgan fingerprint density at radius 3 is 2.16 bits per heavy atom. The van der Waals surface area contributed by atoms with Crippen LogP contribution in [0.2, 0.25) is 0 Å². The summed E-state index contributed by atoms with van der Waals surface area (Å²) in [7, 11) is 1.35. The van der Waals surface area contributed by atoms with Gasteiger partial charge >= 0.3 is 0 Å². The van der Waals surface area contributed by atoms with Crippen LogP contribution in [0.1, 0.15) is 0 Å². The summed E-state index contributed by atoms with van der Waals surface area (Å²) >= 11 is 0. The van der Waals surface area contributed by atoms with Crippen LogP contribution in [0, 0.1) is 0 Å². The Kier molecular flexibility index (Phi) is 9.28. The summed E-state index contributed by atoms with van der Waals surface area (Å²) in [6.07, 6.45) is -16.3. The van der Waals surface area contributed by atoms with Crippen LogP contribution < -0.4 is 14.9 Å². The van der Waals surface area contributed by atoms with E-state index in [1.54, 1.807) is 0 Å². The number of hydrogen-bond acceptors (Lipinski definition) is 16. The quantitative estimate of drug-likeness (QED) is 0.130. The van der Waals surface area contributed by atoms with E-state index in [1.165, 1.54) is 31.4 Å². The van der Waals surface area contributed by atoms with E-state index in [0.29, 0.717) is 5.56 Å². The molecule has 16 nitrogen and oxygen atoms in total. The Labute approximate surface area is 248 Å². The lowest BCUT2D eigenvalue weighted by molar-refractivity contribution is -0.341. The molecular formula is C28H32O16. The molecule has 44 heavy (non-hydrogen) atoms. The zero-order chi connectivity index (χ0) is 31.9. The standard InChI is InChI=1S/C28H32O16/c1-39-16-4-10(2-3-12(16)30)15-7-14(32)20-13(31)5-11(6-17(20)42-15)41-28-26(38)24(36)25(37)27(44-28)40-9-19-22(34)23(35)21(33)18(8-29)43-19/h2-7,18-19,21-31,33-38H,8-9H2,1H3. The van der Waals surface area contributed by atoms with E-state index in [4.69, 9.17) is 28.1 Å². The molecule has 0 aliphatic carbocycles. The molecule has 0 amide bonds. The second-order valence-electron chi connectivity index (χ2n) is 10.3. The number of fused-ring (bicyclic) bond motifs is 1. The number of aromatic hydroxyl groups is 2. The van der Waals surface area contributed by atoms with Gasteiger partial charge in [0.1, 0.15) is 77.1 Å². The van der Waals surface area contributed by atoms with Gasteiger partial charge in [-0.25, -0.2) is 0 Å². The average molecular weight is 625 g/mol. The number of benzene rings is 2. The van der Waals surface area contributed by atoms with Crippen LogP contribution in [-0.2, 0) is 14.2 Å². The van der Waals surface area contributed by atoms with Gasteiger partial charge in [-0.15, -0.1) is 0 Å². The second kappa shape index (κ2) is 12.8. The molecule has 2 fully saturated rings. The molecule has 16 heteroatoms. The fourth-order valence-electron chi connectivity index (χ4n) is 4.98. The number of ether oxygens (including phenoxy) is 5. The average Bonchev–Trinajstić information content (AvgIpc) is 3.00. The molecule has 2 aromatic carbocycles. The van der Waals surface area contributed by atoms with Gasteiger partial charge in [-0.2, -0.15) is 0 Å². The van der Waals surface area contributed by atoms with Crippen molar-refractivity contribution in [1.29, 1.82) is 0 Å². The van der Waals surface area contributed by atoms with Crippen LogP contribution in [0.5, 0.6) is 23.0 Å². The Morgan fingerprint density at radius 2 is 1.45 bits per heavy atom. The van der Waals surface area contributed by atoms with E-state index in [-0.39, 0.29) is 34.0 Å². The molecule has 0 radical (unpaired) electrons. The Hall–Kier alpha value is -3.55. The van der Waals surface area contributed by atoms with Gasteiger partial charge in [-0.1, -0.05) is 0 Å². The van der Waals surface area contributed by atoms with Crippen molar-refractivity contribution in [2.75, 3.05) is 20.3 Å². The number of phenolic OH excluding ortho intramolecular Hbond substituents is 2. The summed E-state index contributed by atoms with van der Waals surface area (Å²) in [5.41, 5.74) is -0.366. The minimum Gasteiger partial charge on any atom is -0.507 e. The fourth-order valence-corrected chi connectivity index (χ4v) is 4.98. The van der Waals surface area contributed by atoms with Crippen molar-refractivity contribution in [1.82, 2.24) is 0 Å². The highest BCUT2D eigenvalue weighted by atomic mass is 16.8. The zero-order valence-electron chi connectivity index (χ0n) is 23.0. The Balaban J connectivity index is 1.36. The van der Waals surface area contributed by atoms with E-state index in [2.05, 4.69) is 0 Å². The maximum atomic E-state index is 12.8. The number of methoxy groups -OCH3 is 1. The van der Waals surface area contributed by atoms with E-state index >= 15 is 0 Å². The van der Waals surface area contributed by atoms with Gasteiger partial charge in [0.2, 0.25) is 6.29 Å². The third-order valence-corrected chi connectivity index (χ3v) is 7.44. The van der Waals surface area contributed by atoms with Gasteiger partial charge in [-0.05, 0) is 18.2 Å². The smallest absolute Gasteiger partial charge is 0.231 e. The lowest BCUT2D eigenvalue weighted by Crippen LogP contribution is -2.62. The van der Waals surface area contributed by atoms with Gasteiger partial charge in [-0.3, -0.25) is 4.79 Å². The maximum Gasteiger partial charge on any atom is 0.231 e. The molecule has 3 aromatic rings. The van der Waals surface area contributed by atoms with Gasteiger partial charge in [0, 0.05) is 23.8 Å². The summed E-state index contributed by atoms with van der Waals surface area (Å²) in [6.45, 7) is -1.22. The van der Waals surface area contributed by atoms with Crippen molar-refractivity contribution in [2.24, 2.45) is 0 Å². The Morgan fingerprint density at radius 1 is 0.773 bits per heavy atom. The van der Waals surface area contributed by atoms with Gasteiger partial charge < -0.3 is 74.1 Å². The molecule has 3 heterocycles. The van der Waals surface area contributed by atoms with E-state index in [1.807, 2.05) is 0 Å². The number of aliphatic hydroxyl groups is 7. The molecule has 1 aromatic heterocycles. The maximum absolute atomic E-state index is 12.8. The summed E-state index contributed by atoms with van der Waals surface area (Å²) in [5, 5.41) is 91.2. The molecule has 2 aliphatic rings. The third kappa shape index (κ3) is 6.04. The number of hydrogen-bond donors (Lipinski definition) is 9. The van der Waals surface area contributed by atoms with Crippen molar-refractivity contribution in [3.8, 4) is 34.3 Å². The summed E-state index contributed by atoms with van der Waals surface area (Å²) in [4.78, 5) is 12.8. The number of phenols is 2. The van der Waals surface area contributed by atoms with Crippen molar-refractivity contribution >= 4 is 11.0 Å². The Bertz CT molecular complexity index is 1520. The monoisotopic (exact) mass is 624 g/mol. The first-order chi connectivity index (χ1) is 20.9. The topological polar surface area (TPSA) is 258 Å². The first-order valence-electron chi connectivity index (χ1n) is 13.4. The summed E-state index contributed by atoms with van der Waals surface area (Å²) in [6, 6.07) is 7.65. The molecule has 10 unspecified atom stereocenters. The molecule has 2 saturated heterocycles. The van der Waals surface area contributed by atoms with Crippen LogP contribution in [0.3, 0.4) is 0 Å². The van der Waals surface area contributed by atoms with E-state index < -0.39 is 85.8 Å². The summed E-state index contributed by atoms with van der Waals surface area (Å²) in [5.74, 6) is -0.674. The molecular weight excluding hydrogens is 592 g/mol. The number of aliphatic hydroxyl groups excluding tert-OH is 7. The van der Waals surface area contributed by atoms with E-state index in [0.717, 1.165) is 12.1 Å². The lowest BCUT2D eigenvalue weighted by atomic mass is 9.95. The fraction of sp³-hybridized carbons (Fsp3) is 0.464. The molecule has 2 aliphatic heterocycles. The van der Waals surface area contributed by atoms with Crippen LogP contribution in [-0.4, -0.2) is 128 Å². The third-order valence-electron chi connectivity index (χ3n) is 7.44. The normalized spacial score (nSPS) is 32.5. The predicted octanol–water partition coefficient (Wildman–Crippen LogP) is -2.12. The molecule has 0 spiro atoms. The predicted molar refractivity (Wildman–Crippen MR) is 145 cm³/mol. The largest absolute Gasteiger partial charge is 0.507 e. The van der Waals surface area contributed by atoms with Crippen molar-refractivity contribution in [2.45, 2.75) is 61.4 Å². The highest BCUT2D eigenvalue weighted by Gasteiger charge is 2.48. The van der Waals surface area contributed by atoms with Crippen molar-refractivity contribution < 1.29 is 74.1 Å².